The van der Waals surface area contributed by atoms with Gasteiger partial charge in [0, 0.05) is 21.9 Å². The van der Waals surface area contributed by atoms with Crippen LogP contribution in [0.3, 0.4) is 0 Å². The predicted octanol–water partition coefficient (Wildman–Crippen LogP) is 4.95. The standard InChI is InChI=1S/C14F10/c15-7-1-2-4-10(18)5(7)13(21,22)11(19)3(1)9(17)6(8(2)16)14(23,24)12(4,11)20. The molecule has 126 valence electrons. The van der Waals surface area contributed by atoms with Gasteiger partial charge < -0.3 is 0 Å². The Morgan fingerprint density at radius 3 is 1.00 bits per heavy atom. The van der Waals surface area contributed by atoms with Gasteiger partial charge in [0.2, 0.25) is 0 Å². The number of benzene rings is 2. The molecule has 5 aliphatic carbocycles. The van der Waals surface area contributed by atoms with Crippen LogP contribution in [0.4, 0.5) is 43.9 Å². The molecular formula is C14F10. The van der Waals surface area contributed by atoms with Gasteiger partial charge in [0.1, 0.15) is 23.3 Å². The molecule has 10 heteroatoms. The highest BCUT2D eigenvalue weighted by atomic mass is 19.3. The molecule has 0 radical (unpaired) electrons. The van der Waals surface area contributed by atoms with Crippen molar-refractivity contribution in [3.05, 3.63) is 45.5 Å². The minimum atomic E-state index is -5.45. The summed E-state index contributed by atoms with van der Waals surface area (Å²) in [5, 5.41) is -2.95. The largest absolute Gasteiger partial charge is 0.320 e. The van der Waals surface area contributed by atoms with E-state index >= 15 is 8.78 Å². The second-order valence-corrected chi connectivity index (χ2v) is 5.97. The zero-order chi connectivity index (χ0) is 17.8. The van der Waals surface area contributed by atoms with Gasteiger partial charge in [0.15, 0.2) is 0 Å². The lowest BCUT2D eigenvalue weighted by atomic mass is 9.52. The van der Waals surface area contributed by atoms with Crippen molar-refractivity contribution in [2.75, 3.05) is 0 Å². The summed E-state index contributed by atoms with van der Waals surface area (Å²) >= 11 is 0. The molecule has 0 N–H and O–H groups in total. The smallest absolute Gasteiger partial charge is 0.227 e. The maximum atomic E-state index is 15.1. The van der Waals surface area contributed by atoms with Crippen LogP contribution in [0.5, 0.6) is 0 Å². The van der Waals surface area contributed by atoms with Crippen LogP contribution in [0, 0.1) is 23.3 Å². The Morgan fingerprint density at radius 2 is 0.708 bits per heavy atom. The van der Waals surface area contributed by atoms with E-state index in [2.05, 4.69) is 0 Å². The second-order valence-electron chi connectivity index (χ2n) is 5.97. The van der Waals surface area contributed by atoms with E-state index in [0.717, 1.165) is 0 Å². The van der Waals surface area contributed by atoms with Gasteiger partial charge >= 0.3 is 11.8 Å². The third-order valence-electron chi connectivity index (χ3n) is 5.16. The van der Waals surface area contributed by atoms with Crippen molar-refractivity contribution in [3.8, 4) is 0 Å². The molecule has 2 atom stereocenters. The summed E-state index contributed by atoms with van der Waals surface area (Å²) in [6, 6.07) is 0. The molecule has 0 saturated carbocycles. The van der Waals surface area contributed by atoms with Gasteiger partial charge in [-0.2, -0.15) is 17.6 Å². The molecule has 0 spiro atoms. The molecular weight excluding hydrogens is 358 g/mol. The average Bonchev–Trinajstić information content (AvgIpc) is 2.43. The minimum Gasteiger partial charge on any atom is -0.227 e. The van der Waals surface area contributed by atoms with Crippen LogP contribution < -0.4 is 0 Å². The van der Waals surface area contributed by atoms with Crippen LogP contribution in [0.15, 0.2) is 0 Å². The summed E-state index contributed by atoms with van der Waals surface area (Å²) in [5.74, 6) is -20.3. The molecule has 24 heavy (non-hydrogen) atoms. The third-order valence-corrected chi connectivity index (χ3v) is 5.16. The van der Waals surface area contributed by atoms with Gasteiger partial charge in [0.25, 0.3) is 11.3 Å². The van der Waals surface area contributed by atoms with Crippen LogP contribution in [0.25, 0.3) is 10.8 Å². The fourth-order valence-corrected chi connectivity index (χ4v) is 4.24. The van der Waals surface area contributed by atoms with Crippen LogP contribution in [-0.2, 0) is 23.2 Å². The molecule has 2 aromatic carbocycles. The monoisotopic (exact) mass is 358 g/mol. The zero-order valence-corrected chi connectivity index (χ0v) is 10.8. The Hall–Kier alpha value is -2.00. The molecule has 2 aromatic rings. The molecule has 0 aliphatic heterocycles. The molecule has 7 rings (SSSR count). The van der Waals surface area contributed by atoms with Gasteiger partial charge in [0.05, 0.1) is 11.1 Å². The fraction of sp³-hybridized carbons (Fsp3) is 0.286. The van der Waals surface area contributed by atoms with Crippen LogP contribution in [0.1, 0.15) is 22.3 Å². The lowest BCUT2D eigenvalue weighted by Crippen LogP contribution is -2.69. The van der Waals surface area contributed by atoms with Crippen molar-refractivity contribution in [3.63, 3.8) is 0 Å². The molecule has 0 nitrogen and oxygen atoms in total. The molecule has 0 saturated heterocycles. The van der Waals surface area contributed by atoms with Gasteiger partial charge in [-0.1, -0.05) is 0 Å². The average molecular weight is 358 g/mol. The van der Waals surface area contributed by atoms with E-state index in [1.807, 2.05) is 0 Å². The van der Waals surface area contributed by atoms with Crippen molar-refractivity contribution >= 4 is 10.8 Å². The summed E-state index contributed by atoms with van der Waals surface area (Å²) in [6.45, 7) is 0. The Bertz CT molecular complexity index is 955. The lowest BCUT2D eigenvalue weighted by molar-refractivity contribution is -0.312. The van der Waals surface area contributed by atoms with E-state index in [-0.39, 0.29) is 0 Å². The van der Waals surface area contributed by atoms with E-state index in [0.29, 0.717) is 0 Å². The Balaban J connectivity index is 2.29. The molecule has 5 aliphatic rings. The first kappa shape index (κ1) is 14.4. The highest BCUT2D eigenvalue weighted by Gasteiger charge is 2.89. The summed E-state index contributed by atoms with van der Waals surface area (Å²) in [4.78, 5) is 0. The lowest BCUT2D eigenvalue weighted by Gasteiger charge is -2.57. The summed E-state index contributed by atoms with van der Waals surface area (Å²) in [7, 11) is 0. The first-order chi connectivity index (χ1) is 10.9. The molecule has 0 aromatic heterocycles. The molecule has 8 bridgehead atoms. The van der Waals surface area contributed by atoms with Gasteiger partial charge in [-0.05, 0) is 0 Å². The van der Waals surface area contributed by atoms with E-state index in [4.69, 9.17) is 0 Å². The first-order valence-corrected chi connectivity index (χ1v) is 6.39. The molecule has 2 unspecified atom stereocenters. The van der Waals surface area contributed by atoms with Crippen molar-refractivity contribution in [2.24, 2.45) is 0 Å². The topological polar surface area (TPSA) is 0 Å². The van der Waals surface area contributed by atoms with Crippen LogP contribution in [-0.4, -0.2) is 0 Å². The number of hydrogen-bond acceptors (Lipinski definition) is 0. The molecule has 0 heterocycles. The Morgan fingerprint density at radius 1 is 0.417 bits per heavy atom. The zero-order valence-electron chi connectivity index (χ0n) is 10.8. The number of rotatable bonds is 0. The van der Waals surface area contributed by atoms with Gasteiger partial charge in [-0.25, -0.2) is 26.3 Å². The predicted molar refractivity (Wildman–Crippen MR) is 57.1 cm³/mol. The highest BCUT2D eigenvalue weighted by molar-refractivity contribution is 5.99. The summed E-state index contributed by atoms with van der Waals surface area (Å²) in [6.07, 6.45) is 0. The van der Waals surface area contributed by atoms with Crippen molar-refractivity contribution in [1.29, 1.82) is 0 Å². The fourth-order valence-electron chi connectivity index (χ4n) is 4.24. The Labute approximate surface area is 124 Å². The molecule has 0 fully saturated rings. The van der Waals surface area contributed by atoms with Gasteiger partial charge in [-0.3, -0.25) is 0 Å². The van der Waals surface area contributed by atoms with E-state index < -0.39 is 79.5 Å². The quantitative estimate of drug-likeness (QED) is 0.585. The van der Waals surface area contributed by atoms with Crippen molar-refractivity contribution in [1.82, 2.24) is 0 Å². The maximum Gasteiger partial charge on any atom is 0.320 e. The number of alkyl halides is 6. The summed E-state index contributed by atoms with van der Waals surface area (Å²) in [5.41, 5.74) is -18.9. The number of halogens is 10. The maximum absolute atomic E-state index is 15.1. The van der Waals surface area contributed by atoms with E-state index in [9.17, 15) is 35.1 Å². The van der Waals surface area contributed by atoms with Crippen molar-refractivity contribution < 1.29 is 43.9 Å². The van der Waals surface area contributed by atoms with Gasteiger partial charge in [-0.15, -0.1) is 0 Å². The number of hydrogen-bond donors (Lipinski definition) is 0. The van der Waals surface area contributed by atoms with Crippen molar-refractivity contribution in [2.45, 2.75) is 23.2 Å². The van der Waals surface area contributed by atoms with Crippen LogP contribution in [0.2, 0.25) is 0 Å². The second kappa shape index (κ2) is 3.11. The summed E-state index contributed by atoms with van der Waals surface area (Å²) < 4.78 is 144. The third kappa shape index (κ3) is 0.835. The normalized spacial score (nSPS) is 32.8. The first-order valence-electron chi connectivity index (χ1n) is 6.39. The Kier molecular flexibility index (Phi) is 1.86. The highest BCUT2D eigenvalue weighted by Crippen LogP contribution is 2.78. The molecule has 0 amide bonds. The van der Waals surface area contributed by atoms with E-state index in [1.165, 1.54) is 0 Å². The SMILES string of the molecule is Fc1c2c(F)c3c4c(F)c5c(F)c3c1C(F)(C5(F)F)C4(F)C2(F)F. The van der Waals surface area contributed by atoms with Crippen LogP contribution >= 0.6 is 0 Å². The minimum absolute atomic E-state index is 1.47. The van der Waals surface area contributed by atoms with E-state index in [1.54, 1.807) is 0 Å².